The van der Waals surface area contributed by atoms with E-state index < -0.39 is 5.97 Å². The highest BCUT2D eigenvalue weighted by Gasteiger charge is 2.05. The number of ketones is 1. The summed E-state index contributed by atoms with van der Waals surface area (Å²) >= 11 is 0. The van der Waals surface area contributed by atoms with Crippen LogP contribution in [-0.2, 0) is 4.79 Å². The second-order valence-corrected chi connectivity index (χ2v) is 3.75. The van der Waals surface area contributed by atoms with E-state index in [2.05, 4.69) is 18.7 Å². The Labute approximate surface area is 107 Å². The average Bonchev–Trinajstić information content (AvgIpc) is 2.38. The minimum Gasteiger partial charge on any atom is -0.478 e. The van der Waals surface area contributed by atoms with E-state index in [-0.39, 0.29) is 5.78 Å². The molecule has 18 heavy (non-hydrogen) atoms. The lowest BCUT2D eigenvalue weighted by molar-refractivity contribution is -0.131. The Bertz CT molecular complexity index is 445. The molecule has 0 amide bonds. The van der Waals surface area contributed by atoms with Gasteiger partial charge in [-0.25, -0.2) is 4.79 Å². The number of nitrogens with zero attached hydrogens (tertiary/aromatic N) is 1. The number of aliphatic carboxylic acids is 1. The maximum atomic E-state index is 11.6. The number of anilines is 1. The highest BCUT2D eigenvalue weighted by molar-refractivity contribution is 6.06. The van der Waals surface area contributed by atoms with E-state index in [1.807, 2.05) is 12.1 Å². The second-order valence-electron chi connectivity index (χ2n) is 3.75. The molecule has 0 fully saturated rings. The van der Waals surface area contributed by atoms with Gasteiger partial charge in [0.15, 0.2) is 5.78 Å². The minimum absolute atomic E-state index is 0.302. The number of allylic oxidation sites excluding steroid dienone is 1. The first kappa shape index (κ1) is 14.0. The van der Waals surface area contributed by atoms with Crippen LogP contribution in [0.5, 0.6) is 0 Å². The molecule has 0 unspecified atom stereocenters. The summed E-state index contributed by atoms with van der Waals surface area (Å²) in [5.41, 5.74) is 1.54. The Kier molecular flexibility index (Phi) is 5.11. The van der Waals surface area contributed by atoms with Crippen LogP contribution < -0.4 is 4.90 Å². The summed E-state index contributed by atoms with van der Waals surface area (Å²) in [6, 6.07) is 7.16. The molecule has 4 nitrogen and oxygen atoms in total. The molecule has 1 rings (SSSR count). The van der Waals surface area contributed by atoms with Gasteiger partial charge in [-0.15, -0.1) is 0 Å². The fraction of sp³-hybridized carbons (Fsp3) is 0.286. The Morgan fingerprint density at radius 1 is 1.11 bits per heavy atom. The van der Waals surface area contributed by atoms with Gasteiger partial charge >= 0.3 is 5.97 Å². The molecule has 0 aliphatic heterocycles. The van der Waals surface area contributed by atoms with Crippen molar-refractivity contribution in [1.82, 2.24) is 0 Å². The van der Waals surface area contributed by atoms with Crippen molar-refractivity contribution >= 4 is 17.4 Å². The molecule has 0 saturated heterocycles. The van der Waals surface area contributed by atoms with E-state index in [4.69, 9.17) is 5.11 Å². The van der Waals surface area contributed by atoms with Crippen molar-refractivity contribution in [2.45, 2.75) is 13.8 Å². The predicted molar refractivity (Wildman–Crippen MR) is 71.1 cm³/mol. The van der Waals surface area contributed by atoms with E-state index in [1.54, 1.807) is 12.1 Å². The zero-order chi connectivity index (χ0) is 13.5. The van der Waals surface area contributed by atoms with Crippen LogP contribution in [0, 0.1) is 0 Å². The molecule has 0 spiro atoms. The summed E-state index contributed by atoms with van der Waals surface area (Å²) in [5.74, 6) is -1.42. The summed E-state index contributed by atoms with van der Waals surface area (Å²) in [7, 11) is 0. The van der Waals surface area contributed by atoms with E-state index >= 15 is 0 Å². The Morgan fingerprint density at radius 3 is 2.11 bits per heavy atom. The lowest BCUT2D eigenvalue weighted by atomic mass is 10.1. The third kappa shape index (κ3) is 3.73. The first-order valence-corrected chi connectivity index (χ1v) is 5.88. The van der Waals surface area contributed by atoms with Crippen LogP contribution in [0.2, 0.25) is 0 Å². The van der Waals surface area contributed by atoms with Crippen molar-refractivity contribution in [3.8, 4) is 0 Å². The van der Waals surface area contributed by atoms with Gasteiger partial charge in [0.2, 0.25) is 0 Å². The van der Waals surface area contributed by atoms with Crippen molar-refractivity contribution in [3.05, 3.63) is 42.0 Å². The van der Waals surface area contributed by atoms with Gasteiger partial charge in [-0.05, 0) is 44.2 Å². The van der Waals surface area contributed by atoms with Crippen LogP contribution in [0.4, 0.5) is 5.69 Å². The fourth-order valence-corrected chi connectivity index (χ4v) is 1.67. The fourth-order valence-electron chi connectivity index (χ4n) is 1.67. The predicted octanol–water partition coefficient (Wildman–Crippen LogP) is 2.36. The van der Waals surface area contributed by atoms with Crippen molar-refractivity contribution < 1.29 is 14.7 Å². The second kappa shape index (κ2) is 6.59. The van der Waals surface area contributed by atoms with Crippen molar-refractivity contribution in [3.63, 3.8) is 0 Å². The Morgan fingerprint density at radius 2 is 1.67 bits per heavy atom. The van der Waals surface area contributed by atoms with E-state index in [0.29, 0.717) is 5.56 Å². The van der Waals surface area contributed by atoms with Gasteiger partial charge in [0.05, 0.1) is 0 Å². The van der Waals surface area contributed by atoms with E-state index in [9.17, 15) is 9.59 Å². The van der Waals surface area contributed by atoms with Gasteiger partial charge in [0.25, 0.3) is 0 Å². The molecule has 0 saturated carbocycles. The molecule has 96 valence electrons. The third-order valence-corrected chi connectivity index (χ3v) is 2.66. The lowest BCUT2D eigenvalue weighted by Crippen LogP contribution is -2.21. The van der Waals surface area contributed by atoms with Gasteiger partial charge in [-0.3, -0.25) is 4.79 Å². The van der Waals surface area contributed by atoms with Gasteiger partial charge in [-0.1, -0.05) is 0 Å². The molecule has 4 heteroatoms. The van der Waals surface area contributed by atoms with Crippen molar-refractivity contribution in [2.24, 2.45) is 0 Å². The number of carbonyl (C=O) groups is 2. The monoisotopic (exact) mass is 247 g/mol. The van der Waals surface area contributed by atoms with Gasteiger partial charge in [-0.2, -0.15) is 0 Å². The van der Waals surface area contributed by atoms with Gasteiger partial charge < -0.3 is 10.0 Å². The maximum Gasteiger partial charge on any atom is 0.328 e. The van der Waals surface area contributed by atoms with Gasteiger partial charge in [0.1, 0.15) is 0 Å². The normalized spacial score (nSPS) is 10.6. The lowest BCUT2D eigenvalue weighted by Gasteiger charge is -2.20. The molecule has 0 heterocycles. The standard InChI is InChI=1S/C14H17NO3/c1-3-15(4-2)12-7-5-11(6-8-12)13(16)9-10-14(17)18/h5-10H,3-4H2,1-2H3,(H,17,18)/b10-9+. The summed E-state index contributed by atoms with van der Waals surface area (Å²) in [6.45, 7) is 5.95. The molecule has 1 N–H and O–H groups in total. The molecule has 0 aliphatic rings. The zero-order valence-electron chi connectivity index (χ0n) is 10.6. The average molecular weight is 247 g/mol. The molecular weight excluding hydrogens is 230 g/mol. The quantitative estimate of drug-likeness (QED) is 0.619. The smallest absolute Gasteiger partial charge is 0.328 e. The van der Waals surface area contributed by atoms with Crippen molar-refractivity contribution in [1.29, 1.82) is 0 Å². The highest BCUT2D eigenvalue weighted by Crippen LogP contribution is 2.15. The first-order chi connectivity index (χ1) is 8.58. The largest absolute Gasteiger partial charge is 0.478 e. The van der Waals surface area contributed by atoms with Crippen LogP contribution in [0.1, 0.15) is 24.2 Å². The number of benzene rings is 1. The summed E-state index contributed by atoms with van der Waals surface area (Å²) in [6.07, 6.45) is 1.91. The Hall–Kier alpha value is -2.10. The van der Waals surface area contributed by atoms with Crippen LogP contribution in [0.3, 0.4) is 0 Å². The van der Waals surface area contributed by atoms with Crippen LogP contribution in [-0.4, -0.2) is 29.9 Å². The summed E-state index contributed by atoms with van der Waals surface area (Å²) < 4.78 is 0. The first-order valence-electron chi connectivity index (χ1n) is 5.88. The summed E-state index contributed by atoms with van der Waals surface area (Å²) in [5, 5.41) is 8.44. The number of hydrogen-bond donors (Lipinski definition) is 1. The molecular formula is C14H17NO3. The topological polar surface area (TPSA) is 57.6 Å². The Balaban J connectivity index is 2.82. The third-order valence-electron chi connectivity index (χ3n) is 2.66. The number of carbonyl (C=O) groups excluding carboxylic acids is 1. The van der Waals surface area contributed by atoms with Crippen LogP contribution >= 0.6 is 0 Å². The molecule has 0 atom stereocenters. The minimum atomic E-state index is -1.12. The van der Waals surface area contributed by atoms with Gasteiger partial charge in [0, 0.05) is 30.4 Å². The maximum absolute atomic E-state index is 11.6. The van der Waals surface area contributed by atoms with E-state index in [0.717, 1.165) is 30.9 Å². The number of rotatable bonds is 6. The van der Waals surface area contributed by atoms with Crippen LogP contribution in [0.25, 0.3) is 0 Å². The number of carboxylic acid groups (broad SMARTS) is 1. The molecule has 0 aromatic heterocycles. The molecule has 0 radical (unpaired) electrons. The van der Waals surface area contributed by atoms with Crippen LogP contribution in [0.15, 0.2) is 36.4 Å². The SMILES string of the molecule is CCN(CC)c1ccc(C(=O)/C=C/C(=O)O)cc1. The molecule has 0 bridgehead atoms. The van der Waals surface area contributed by atoms with E-state index in [1.165, 1.54) is 0 Å². The molecule has 1 aromatic rings. The molecule has 0 aliphatic carbocycles. The number of carboxylic acids is 1. The number of hydrogen-bond acceptors (Lipinski definition) is 3. The zero-order valence-corrected chi connectivity index (χ0v) is 10.6. The summed E-state index contributed by atoms with van der Waals surface area (Å²) in [4.78, 5) is 24.1. The highest BCUT2D eigenvalue weighted by atomic mass is 16.4. The molecule has 1 aromatic carbocycles. The van der Waals surface area contributed by atoms with Crippen molar-refractivity contribution in [2.75, 3.05) is 18.0 Å².